The maximum Gasteiger partial charge on any atom is 0.191 e. The molecule has 0 amide bonds. The first-order valence-corrected chi connectivity index (χ1v) is 9.66. The number of guanidine groups is 1. The molecular weight excluding hydrogens is 442 g/mol. The second-order valence-corrected chi connectivity index (χ2v) is 7.90. The lowest BCUT2D eigenvalue weighted by molar-refractivity contribution is 0.197. The summed E-state index contributed by atoms with van der Waals surface area (Å²) in [7, 11) is 1.83. The number of benzene rings is 1. The van der Waals surface area contributed by atoms with Crippen LogP contribution < -0.4 is 10.6 Å². The normalized spacial score (nSPS) is 23.2. The summed E-state index contributed by atoms with van der Waals surface area (Å²) in [5.74, 6) is 0.737. The third kappa shape index (κ3) is 4.68. The smallest absolute Gasteiger partial charge is 0.191 e. The van der Waals surface area contributed by atoms with Gasteiger partial charge in [-0.1, -0.05) is 12.1 Å². The molecule has 144 valence electrons. The van der Waals surface area contributed by atoms with Gasteiger partial charge in [-0.25, -0.2) is 4.39 Å². The number of aliphatic imine (C=N–C) groups is 1. The average molecular weight is 472 g/mol. The third-order valence-corrected chi connectivity index (χ3v) is 6.04. The molecule has 0 bridgehead atoms. The Hall–Kier alpha value is -0.890. The number of piperidine rings is 1. The highest BCUT2D eigenvalue weighted by atomic mass is 127. The first-order chi connectivity index (χ1) is 12.2. The van der Waals surface area contributed by atoms with Crippen molar-refractivity contribution in [3.63, 3.8) is 0 Å². The Morgan fingerprint density at radius 2 is 1.96 bits per heavy atom. The highest BCUT2D eigenvalue weighted by molar-refractivity contribution is 14.0. The van der Waals surface area contributed by atoms with Crippen LogP contribution in [0.4, 0.5) is 4.39 Å². The molecule has 2 N–H and O–H groups in total. The molecule has 0 radical (unpaired) electrons. The third-order valence-electron chi connectivity index (χ3n) is 6.04. The molecule has 6 heteroatoms. The fourth-order valence-corrected chi connectivity index (χ4v) is 4.03. The average Bonchev–Trinajstić information content (AvgIpc) is 3.54. The summed E-state index contributed by atoms with van der Waals surface area (Å²) in [5.41, 5.74) is 1.18. The maximum atomic E-state index is 13.5. The lowest BCUT2D eigenvalue weighted by Gasteiger charge is -2.33. The number of halogens is 2. The maximum absolute atomic E-state index is 13.5. The number of hydrogen-bond acceptors (Lipinski definition) is 2. The van der Waals surface area contributed by atoms with Crippen LogP contribution in [0.5, 0.6) is 0 Å². The van der Waals surface area contributed by atoms with Crippen molar-refractivity contribution in [1.82, 2.24) is 15.5 Å². The molecular formula is C20H30FIN4. The monoisotopic (exact) mass is 472 g/mol. The molecule has 0 aromatic heterocycles. The van der Waals surface area contributed by atoms with Crippen LogP contribution in [0.1, 0.15) is 44.1 Å². The van der Waals surface area contributed by atoms with Crippen molar-refractivity contribution in [3.05, 3.63) is 35.6 Å². The van der Waals surface area contributed by atoms with E-state index in [1.54, 1.807) is 6.07 Å². The van der Waals surface area contributed by atoms with Crippen molar-refractivity contribution < 1.29 is 4.39 Å². The fraction of sp³-hybridized carbons (Fsp3) is 0.650. The predicted octanol–water partition coefficient (Wildman–Crippen LogP) is 3.27. The minimum atomic E-state index is -0.145. The van der Waals surface area contributed by atoms with Gasteiger partial charge < -0.3 is 15.5 Å². The zero-order chi connectivity index (χ0) is 17.3. The van der Waals surface area contributed by atoms with Crippen molar-refractivity contribution in [2.45, 2.75) is 56.0 Å². The Morgan fingerprint density at radius 3 is 2.54 bits per heavy atom. The van der Waals surface area contributed by atoms with Gasteiger partial charge in [0.2, 0.25) is 0 Å². The number of nitrogens with zero attached hydrogens (tertiary/aromatic N) is 2. The molecule has 0 spiro atoms. The number of nitrogens with one attached hydrogen (secondary N) is 2. The van der Waals surface area contributed by atoms with Gasteiger partial charge >= 0.3 is 0 Å². The molecule has 3 aliphatic rings. The van der Waals surface area contributed by atoms with Crippen molar-refractivity contribution in [3.8, 4) is 0 Å². The Morgan fingerprint density at radius 1 is 1.23 bits per heavy atom. The van der Waals surface area contributed by atoms with E-state index in [1.807, 2.05) is 19.2 Å². The van der Waals surface area contributed by atoms with Crippen LogP contribution >= 0.6 is 24.0 Å². The zero-order valence-electron chi connectivity index (χ0n) is 15.5. The van der Waals surface area contributed by atoms with Gasteiger partial charge in [0.05, 0.1) is 0 Å². The first-order valence-electron chi connectivity index (χ1n) is 9.66. The number of likely N-dealkylation sites (tertiary alicyclic amines) is 1. The van der Waals surface area contributed by atoms with Crippen LogP contribution in [0.25, 0.3) is 0 Å². The highest BCUT2D eigenvalue weighted by Gasteiger charge is 2.44. The van der Waals surface area contributed by atoms with Gasteiger partial charge in [0, 0.05) is 44.2 Å². The van der Waals surface area contributed by atoms with Crippen molar-refractivity contribution >= 4 is 29.9 Å². The Kier molecular flexibility index (Phi) is 6.43. The molecule has 0 unspecified atom stereocenters. The van der Waals surface area contributed by atoms with Crippen LogP contribution in [-0.2, 0) is 5.41 Å². The Bertz CT molecular complexity index is 634. The fourth-order valence-electron chi connectivity index (χ4n) is 4.03. The number of rotatable bonds is 5. The molecule has 2 saturated carbocycles. The van der Waals surface area contributed by atoms with Gasteiger partial charge in [0.1, 0.15) is 5.82 Å². The minimum absolute atomic E-state index is 0. The summed E-state index contributed by atoms with van der Waals surface area (Å²) >= 11 is 0. The Labute approximate surface area is 173 Å². The molecule has 1 aromatic carbocycles. The van der Waals surface area contributed by atoms with E-state index in [9.17, 15) is 4.39 Å². The van der Waals surface area contributed by atoms with E-state index in [4.69, 9.17) is 0 Å². The van der Waals surface area contributed by atoms with Gasteiger partial charge in [-0.3, -0.25) is 4.99 Å². The summed E-state index contributed by atoms with van der Waals surface area (Å²) in [6, 6.07) is 8.43. The summed E-state index contributed by atoms with van der Waals surface area (Å²) in [5, 5.41) is 7.07. The lowest BCUT2D eigenvalue weighted by Crippen LogP contribution is -2.50. The topological polar surface area (TPSA) is 39.7 Å². The lowest BCUT2D eigenvalue weighted by atomic mass is 9.96. The molecule has 4 nitrogen and oxygen atoms in total. The van der Waals surface area contributed by atoms with E-state index < -0.39 is 0 Å². The highest BCUT2D eigenvalue weighted by Crippen LogP contribution is 2.47. The van der Waals surface area contributed by atoms with E-state index in [-0.39, 0.29) is 35.2 Å². The molecule has 26 heavy (non-hydrogen) atoms. The van der Waals surface area contributed by atoms with Crippen LogP contribution in [0.2, 0.25) is 0 Å². The van der Waals surface area contributed by atoms with E-state index in [1.165, 1.54) is 44.8 Å². The van der Waals surface area contributed by atoms with Gasteiger partial charge in [0.15, 0.2) is 5.96 Å². The zero-order valence-corrected chi connectivity index (χ0v) is 17.8. The van der Waals surface area contributed by atoms with Gasteiger partial charge in [-0.05, 0) is 56.2 Å². The molecule has 0 atom stereocenters. The quantitative estimate of drug-likeness (QED) is 0.393. The SMILES string of the molecule is CN=C(NCC1(c2cccc(F)c2)CC1)NC1CCN(C2CC2)CC1.I. The van der Waals surface area contributed by atoms with Crippen molar-refractivity contribution in [1.29, 1.82) is 0 Å². The van der Waals surface area contributed by atoms with Gasteiger partial charge in [0.25, 0.3) is 0 Å². The van der Waals surface area contributed by atoms with Crippen LogP contribution in [0.15, 0.2) is 29.3 Å². The summed E-state index contributed by atoms with van der Waals surface area (Å²) in [4.78, 5) is 7.03. The second-order valence-electron chi connectivity index (χ2n) is 7.90. The summed E-state index contributed by atoms with van der Waals surface area (Å²) < 4.78 is 13.5. The van der Waals surface area contributed by atoms with Crippen LogP contribution in [0, 0.1) is 5.82 Å². The van der Waals surface area contributed by atoms with Crippen LogP contribution in [-0.4, -0.2) is 49.6 Å². The Balaban J connectivity index is 0.00000196. The van der Waals surface area contributed by atoms with Crippen molar-refractivity contribution in [2.75, 3.05) is 26.7 Å². The van der Waals surface area contributed by atoms with E-state index in [0.717, 1.165) is 37.0 Å². The largest absolute Gasteiger partial charge is 0.356 e. The van der Waals surface area contributed by atoms with Crippen molar-refractivity contribution in [2.24, 2.45) is 4.99 Å². The van der Waals surface area contributed by atoms with E-state index in [2.05, 4.69) is 20.5 Å². The molecule has 3 fully saturated rings. The molecule has 4 rings (SSSR count). The summed E-state index contributed by atoms with van der Waals surface area (Å²) in [6.07, 6.45) is 7.38. The van der Waals surface area contributed by atoms with E-state index >= 15 is 0 Å². The van der Waals surface area contributed by atoms with Crippen LogP contribution in [0.3, 0.4) is 0 Å². The second kappa shape index (κ2) is 8.42. The molecule has 2 aliphatic carbocycles. The van der Waals surface area contributed by atoms with Gasteiger partial charge in [-0.15, -0.1) is 24.0 Å². The van der Waals surface area contributed by atoms with Gasteiger partial charge in [-0.2, -0.15) is 0 Å². The molecule has 1 aliphatic heterocycles. The first kappa shape index (κ1) is 19.9. The molecule has 1 aromatic rings. The summed E-state index contributed by atoms with van der Waals surface area (Å²) in [6.45, 7) is 3.22. The number of hydrogen-bond donors (Lipinski definition) is 2. The standard InChI is InChI=1S/C20H29FN4.HI/c1-22-19(24-17-7-11-25(12-8-17)18-5-6-18)23-14-20(9-10-20)15-3-2-4-16(21)13-15;/h2-4,13,17-18H,5-12,14H2,1H3,(H2,22,23,24);1H. The minimum Gasteiger partial charge on any atom is -0.356 e. The molecule has 1 heterocycles. The molecule has 1 saturated heterocycles. The van der Waals surface area contributed by atoms with E-state index in [0.29, 0.717) is 6.04 Å². The predicted molar refractivity (Wildman–Crippen MR) is 115 cm³/mol.